The van der Waals surface area contributed by atoms with Crippen molar-refractivity contribution in [2.75, 3.05) is 19.6 Å². The number of nitrogens with two attached hydrogens (primary N) is 1. The fraction of sp³-hybridized carbons (Fsp3) is 1.00. The van der Waals surface area contributed by atoms with Crippen LogP contribution in [0.15, 0.2) is 0 Å². The summed E-state index contributed by atoms with van der Waals surface area (Å²) in [7, 11) is 0. The van der Waals surface area contributed by atoms with E-state index < -0.39 is 0 Å². The average molecular weight is 262 g/mol. The molecule has 2 heteroatoms. The van der Waals surface area contributed by atoms with Crippen molar-refractivity contribution in [2.45, 2.75) is 63.8 Å². The predicted molar refractivity (Wildman–Crippen MR) is 78.9 cm³/mol. The van der Waals surface area contributed by atoms with Crippen molar-refractivity contribution in [1.82, 2.24) is 4.90 Å². The second kappa shape index (κ2) is 4.73. The summed E-state index contributed by atoms with van der Waals surface area (Å²) in [5.41, 5.74) is 6.96. The maximum Gasteiger partial charge on any atom is 0.0167 e. The summed E-state index contributed by atoms with van der Waals surface area (Å²) in [5, 5.41) is 0. The fourth-order valence-electron chi connectivity index (χ4n) is 6.36. The topological polar surface area (TPSA) is 29.3 Å². The van der Waals surface area contributed by atoms with E-state index in [2.05, 4.69) is 4.90 Å². The van der Waals surface area contributed by atoms with Crippen molar-refractivity contribution < 1.29 is 0 Å². The van der Waals surface area contributed by atoms with Gasteiger partial charge in [0.25, 0.3) is 0 Å². The normalized spacial score (nSPS) is 50.4. The molecule has 0 spiro atoms. The van der Waals surface area contributed by atoms with Crippen LogP contribution in [0, 0.1) is 23.2 Å². The molecule has 2 nitrogen and oxygen atoms in total. The van der Waals surface area contributed by atoms with Gasteiger partial charge in [-0.1, -0.05) is 6.42 Å². The molecule has 1 heterocycles. The first-order chi connectivity index (χ1) is 9.21. The van der Waals surface area contributed by atoms with Crippen LogP contribution in [0.3, 0.4) is 0 Å². The molecule has 2 N–H and O–H groups in total. The van der Waals surface area contributed by atoms with Gasteiger partial charge in [0.2, 0.25) is 0 Å². The third-order valence-corrected chi connectivity index (χ3v) is 6.52. The molecule has 0 aromatic heterocycles. The van der Waals surface area contributed by atoms with E-state index in [1.807, 2.05) is 0 Å². The first-order valence-corrected chi connectivity index (χ1v) is 8.69. The van der Waals surface area contributed by atoms with Gasteiger partial charge in [-0.25, -0.2) is 0 Å². The Morgan fingerprint density at radius 2 is 1.58 bits per heavy atom. The van der Waals surface area contributed by atoms with Gasteiger partial charge in [0, 0.05) is 19.1 Å². The first kappa shape index (κ1) is 12.6. The summed E-state index contributed by atoms with van der Waals surface area (Å²) < 4.78 is 0. The van der Waals surface area contributed by atoms with Crippen LogP contribution >= 0.6 is 0 Å². The lowest BCUT2D eigenvalue weighted by Crippen LogP contribution is -2.52. The summed E-state index contributed by atoms with van der Waals surface area (Å²) in [6, 6.07) is 0.441. The first-order valence-electron chi connectivity index (χ1n) is 8.69. The van der Waals surface area contributed by atoms with Gasteiger partial charge >= 0.3 is 0 Å². The van der Waals surface area contributed by atoms with Crippen molar-refractivity contribution in [3.05, 3.63) is 0 Å². The molecule has 0 radical (unpaired) electrons. The molecule has 1 atom stereocenters. The van der Waals surface area contributed by atoms with Crippen molar-refractivity contribution >= 4 is 0 Å². The third kappa shape index (κ3) is 2.47. The van der Waals surface area contributed by atoms with E-state index in [-0.39, 0.29) is 0 Å². The van der Waals surface area contributed by atoms with Gasteiger partial charge in [-0.05, 0) is 81.1 Å². The molecule has 1 aliphatic heterocycles. The molecule has 0 aromatic rings. The van der Waals surface area contributed by atoms with Crippen molar-refractivity contribution in [2.24, 2.45) is 28.9 Å². The van der Waals surface area contributed by atoms with Crippen molar-refractivity contribution in [3.63, 3.8) is 0 Å². The molecule has 0 aromatic carbocycles. The van der Waals surface area contributed by atoms with Crippen molar-refractivity contribution in [3.8, 4) is 0 Å². The summed E-state index contributed by atoms with van der Waals surface area (Å²) in [6.45, 7) is 3.86. The Hall–Kier alpha value is -0.0800. The Bertz CT molecular complexity index is 303. The Balaban J connectivity index is 1.46. The lowest BCUT2D eigenvalue weighted by Gasteiger charge is -2.58. The molecule has 5 aliphatic rings. The predicted octanol–water partition coefficient (Wildman–Crippen LogP) is 3.02. The van der Waals surface area contributed by atoms with Gasteiger partial charge in [-0.2, -0.15) is 0 Å². The van der Waals surface area contributed by atoms with Crippen LogP contribution in [0.25, 0.3) is 0 Å². The van der Waals surface area contributed by atoms with Crippen LogP contribution in [0.4, 0.5) is 0 Å². The van der Waals surface area contributed by atoms with Crippen molar-refractivity contribution in [1.29, 1.82) is 0 Å². The second-order valence-electron chi connectivity index (χ2n) is 8.41. The molecular formula is C17H30N2. The van der Waals surface area contributed by atoms with Crippen LogP contribution < -0.4 is 5.73 Å². The van der Waals surface area contributed by atoms with Gasteiger partial charge in [-0.15, -0.1) is 0 Å². The highest BCUT2D eigenvalue weighted by molar-refractivity contribution is 5.02. The standard InChI is InChI=1S/C17H30N2/c18-16-3-1-2-4-19(11-16)12-17-8-13-5-14(9-17)7-15(6-13)10-17/h13-16H,1-12,18H2. The van der Waals surface area contributed by atoms with Crippen LogP contribution in [0.5, 0.6) is 0 Å². The van der Waals surface area contributed by atoms with Crippen LogP contribution in [-0.4, -0.2) is 30.6 Å². The molecule has 1 unspecified atom stereocenters. The number of hydrogen-bond donors (Lipinski definition) is 1. The summed E-state index contributed by atoms with van der Waals surface area (Å²) in [6.07, 6.45) is 13.3. The van der Waals surface area contributed by atoms with Gasteiger partial charge < -0.3 is 10.6 Å². The molecular weight excluding hydrogens is 232 g/mol. The summed E-state index contributed by atoms with van der Waals surface area (Å²) in [5.74, 6) is 3.27. The van der Waals surface area contributed by atoms with E-state index in [0.717, 1.165) is 17.8 Å². The zero-order valence-corrected chi connectivity index (χ0v) is 12.3. The van der Waals surface area contributed by atoms with Crippen LogP contribution in [0.1, 0.15) is 57.8 Å². The Morgan fingerprint density at radius 3 is 2.21 bits per heavy atom. The van der Waals surface area contributed by atoms with Gasteiger partial charge in [0.15, 0.2) is 0 Å². The van der Waals surface area contributed by atoms with Gasteiger partial charge in [0.1, 0.15) is 0 Å². The molecule has 108 valence electrons. The van der Waals surface area contributed by atoms with E-state index in [0.29, 0.717) is 11.5 Å². The number of hydrogen-bond acceptors (Lipinski definition) is 2. The van der Waals surface area contributed by atoms with Gasteiger partial charge in [0.05, 0.1) is 0 Å². The second-order valence-corrected chi connectivity index (χ2v) is 8.41. The molecule has 5 rings (SSSR count). The zero-order chi connectivity index (χ0) is 12.9. The Morgan fingerprint density at radius 1 is 0.947 bits per heavy atom. The van der Waals surface area contributed by atoms with E-state index >= 15 is 0 Å². The number of nitrogens with zero attached hydrogens (tertiary/aromatic N) is 1. The minimum absolute atomic E-state index is 0.441. The fourth-order valence-corrected chi connectivity index (χ4v) is 6.36. The maximum absolute atomic E-state index is 6.25. The molecule has 1 saturated heterocycles. The monoisotopic (exact) mass is 262 g/mol. The Labute approximate surface area is 118 Å². The lowest BCUT2D eigenvalue weighted by atomic mass is 9.49. The lowest BCUT2D eigenvalue weighted by molar-refractivity contribution is -0.0690. The minimum Gasteiger partial charge on any atom is -0.327 e. The summed E-state index contributed by atoms with van der Waals surface area (Å²) >= 11 is 0. The van der Waals surface area contributed by atoms with E-state index in [4.69, 9.17) is 5.73 Å². The molecule has 0 amide bonds. The van der Waals surface area contributed by atoms with E-state index in [9.17, 15) is 0 Å². The largest absolute Gasteiger partial charge is 0.327 e. The highest BCUT2D eigenvalue weighted by atomic mass is 15.1. The van der Waals surface area contributed by atoms with E-state index in [1.54, 1.807) is 38.5 Å². The summed E-state index contributed by atoms with van der Waals surface area (Å²) in [4.78, 5) is 2.74. The number of likely N-dealkylation sites (tertiary alicyclic amines) is 1. The highest BCUT2D eigenvalue weighted by Gasteiger charge is 2.51. The molecule has 4 saturated carbocycles. The molecule has 5 fully saturated rings. The zero-order valence-electron chi connectivity index (χ0n) is 12.3. The maximum atomic E-state index is 6.25. The molecule has 4 bridgehead atoms. The smallest absolute Gasteiger partial charge is 0.0167 e. The Kier molecular flexibility index (Phi) is 3.15. The SMILES string of the molecule is NC1CCCCN(CC23CC4CC(CC(C4)C2)C3)C1. The molecule has 4 aliphatic carbocycles. The van der Waals surface area contributed by atoms with Crippen LogP contribution in [0.2, 0.25) is 0 Å². The quantitative estimate of drug-likeness (QED) is 0.829. The van der Waals surface area contributed by atoms with Gasteiger partial charge in [-0.3, -0.25) is 0 Å². The van der Waals surface area contributed by atoms with Crippen LogP contribution in [-0.2, 0) is 0 Å². The third-order valence-electron chi connectivity index (χ3n) is 6.52. The molecule has 19 heavy (non-hydrogen) atoms. The highest BCUT2D eigenvalue weighted by Crippen LogP contribution is 2.60. The van der Waals surface area contributed by atoms with E-state index in [1.165, 1.54) is 38.9 Å². The average Bonchev–Trinajstić information content (AvgIpc) is 2.51. The number of rotatable bonds is 2. The minimum atomic E-state index is 0.441.